The van der Waals surface area contributed by atoms with Crippen LogP contribution in [-0.2, 0) is 13.2 Å². The van der Waals surface area contributed by atoms with Gasteiger partial charge in [0.05, 0.1) is 16.1 Å². The van der Waals surface area contributed by atoms with E-state index in [-0.39, 0.29) is 5.69 Å². The van der Waals surface area contributed by atoms with Gasteiger partial charge < -0.3 is 20.0 Å². The quantitative estimate of drug-likeness (QED) is 0.338. The van der Waals surface area contributed by atoms with Gasteiger partial charge in [0, 0.05) is 27.8 Å². The molecule has 1 aromatic heterocycles. The first-order valence-corrected chi connectivity index (χ1v) is 9.92. The molecule has 5 nitrogen and oxygen atoms in total. The van der Waals surface area contributed by atoms with Crippen molar-refractivity contribution in [1.82, 2.24) is 9.97 Å². The number of imidazole rings is 1. The smallest absolute Gasteiger partial charge is 0.323 e. The fraction of sp³-hybridized carbons (Fsp3) is 0.0952. The van der Waals surface area contributed by atoms with Gasteiger partial charge in [-0.25, -0.2) is 4.79 Å². The summed E-state index contributed by atoms with van der Waals surface area (Å²) in [5.41, 5.74) is 3.87. The van der Waals surface area contributed by atoms with Gasteiger partial charge in [-0.05, 0) is 48.0 Å². The first-order chi connectivity index (χ1) is 14.0. The van der Waals surface area contributed by atoms with E-state index >= 15 is 0 Å². The van der Waals surface area contributed by atoms with Gasteiger partial charge in [-0.2, -0.15) is 0 Å². The minimum Gasteiger partial charge on any atom is -0.487 e. The third-order valence-electron chi connectivity index (χ3n) is 4.38. The molecular formula is C21H16Cl3N3O2. The van der Waals surface area contributed by atoms with Crippen molar-refractivity contribution >= 4 is 51.5 Å². The summed E-state index contributed by atoms with van der Waals surface area (Å²) in [4.78, 5) is 16.9. The zero-order valence-corrected chi connectivity index (χ0v) is 17.3. The fourth-order valence-electron chi connectivity index (χ4n) is 2.98. The zero-order chi connectivity index (χ0) is 20.4. The van der Waals surface area contributed by atoms with Crippen molar-refractivity contribution in [2.24, 2.45) is 0 Å². The maximum atomic E-state index is 11.4. The lowest BCUT2D eigenvalue weighted by Gasteiger charge is -2.15. The Morgan fingerprint density at radius 1 is 0.862 bits per heavy atom. The SMILES string of the molecule is O=c1[nH]c2ccc(NCc3cc(Cl)cc(Cl)c3OCc3ccc(Cl)cc3)cc2[nH]1. The van der Waals surface area contributed by atoms with E-state index in [2.05, 4.69) is 15.3 Å². The summed E-state index contributed by atoms with van der Waals surface area (Å²) in [6.07, 6.45) is 0. The molecule has 0 atom stereocenters. The highest BCUT2D eigenvalue weighted by Gasteiger charge is 2.12. The number of aromatic amines is 2. The molecule has 29 heavy (non-hydrogen) atoms. The number of anilines is 1. The van der Waals surface area contributed by atoms with Crippen LogP contribution in [0.25, 0.3) is 11.0 Å². The van der Waals surface area contributed by atoms with Crippen molar-refractivity contribution in [2.75, 3.05) is 5.32 Å². The molecule has 0 saturated carbocycles. The normalized spacial score (nSPS) is 11.0. The maximum Gasteiger partial charge on any atom is 0.323 e. The minimum atomic E-state index is -0.239. The van der Waals surface area contributed by atoms with E-state index in [4.69, 9.17) is 39.5 Å². The standard InChI is InChI=1S/C21H16Cl3N3O2/c22-14-3-1-12(2-4-14)11-29-20-13(7-15(23)8-17(20)24)10-25-16-5-6-18-19(9-16)27-21(28)26-18/h1-9,25H,10-11H2,(H2,26,27,28). The second kappa shape index (κ2) is 8.41. The van der Waals surface area contributed by atoms with Crippen molar-refractivity contribution in [1.29, 1.82) is 0 Å². The van der Waals surface area contributed by atoms with E-state index < -0.39 is 0 Å². The number of fused-ring (bicyclic) bond motifs is 1. The van der Waals surface area contributed by atoms with Gasteiger partial charge in [0.2, 0.25) is 0 Å². The van der Waals surface area contributed by atoms with Crippen LogP contribution in [0.15, 0.2) is 59.4 Å². The lowest BCUT2D eigenvalue weighted by atomic mass is 10.2. The van der Waals surface area contributed by atoms with Gasteiger partial charge in [0.1, 0.15) is 12.4 Å². The van der Waals surface area contributed by atoms with E-state index in [1.54, 1.807) is 6.07 Å². The van der Waals surface area contributed by atoms with Crippen LogP contribution in [0, 0.1) is 0 Å². The van der Waals surface area contributed by atoms with Crippen LogP contribution < -0.4 is 15.7 Å². The molecule has 0 radical (unpaired) electrons. The molecule has 0 spiro atoms. The number of H-pyrrole nitrogens is 2. The van der Waals surface area contributed by atoms with Crippen molar-refractivity contribution in [3.8, 4) is 5.75 Å². The molecule has 0 aliphatic carbocycles. The molecule has 0 fully saturated rings. The molecule has 4 aromatic rings. The van der Waals surface area contributed by atoms with Gasteiger partial charge >= 0.3 is 5.69 Å². The Labute approximate surface area is 181 Å². The van der Waals surface area contributed by atoms with Crippen LogP contribution in [-0.4, -0.2) is 9.97 Å². The molecule has 0 bridgehead atoms. The van der Waals surface area contributed by atoms with Gasteiger partial charge in [-0.15, -0.1) is 0 Å². The molecule has 0 amide bonds. The van der Waals surface area contributed by atoms with E-state index in [0.717, 1.165) is 27.8 Å². The Balaban J connectivity index is 1.53. The highest BCUT2D eigenvalue weighted by molar-refractivity contribution is 6.35. The van der Waals surface area contributed by atoms with Crippen LogP contribution in [0.3, 0.4) is 0 Å². The van der Waals surface area contributed by atoms with Crippen molar-refractivity contribution in [3.63, 3.8) is 0 Å². The summed E-state index contributed by atoms with van der Waals surface area (Å²) < 4.78 is 5.98. The number of ether oxygens (including phenoxy) is 1. The van der Waals surface area contributed by atoms with Crippen LogP contribution in [0.5, 0.6) is 5.75 Å². The highest BCUT2D eigenvalue weighted by atomic mass is 35.5. The number of hydrogen-bond acceptors (Lipinski definition) is 3. The van der Waals surface area contributed by atoms with Crippen molar-refractivity contribution < 1.29 is 4.74 Å². The van der Waals surface area contributed by atoms with Gasteiger partial charge in [0.25, 0.3) is 0 Å². The highest BCUT2D eigenvalue weighted by Crippen LogP contribution is 2.34. The molecule has 0 aliphatic heterocycles. The molecule has 0 aliphatic rings. The third kappa shape index (κ3) is 4.70. The summed E-state index contributed by atoms with van der Waals surface area (Å²) in [6.45, 7) is 0.790. The van der Waals surface area contributed by atoms with Crippen LogP contribution in [0.1, 0.15) is 11.1 Å². The Morgan fingerprint density at radius 3 is 2.41 bits per heavy atom. The minimum absolute atomic E-state index is 0.239. The van der Waals surface area contributed by atoms with Crippen LogP contribution >= 0.6 is 34.8 Å². The predicted octanol–water partition coefficient (Wildman–Crippen LogP) is 6.01. The Kier molecular flexibility index (Phi) is 5.72. The first kappa shape index (κ1) is 19.7. The monoisotopic (exact) mass is 447 g/mol. The largest absolute Gasteiger partial charge is 0.487 e. The number of nitrogens with one attached hydrogen (secondary N) is 3. The predicted molar refractivity (Wildman–Crippen MR) is 118 cm³/mol. The van der Waals surface area contributed by atoms with Crippen molar-refractivity contribution in [3.05, 3.63) is 91.3 Å². The second-order valence-corrected chi connectivity index (χ2v) is 7.76. The number of hydrogen-bond donors (Lipinski definition) is 3. The van der Waals surface area contributed by atoms with E-state index in [0.29, 0.717) is 34.0 Å². The van der Waals surface area contributed by atoms with Gasteiger partial charge in [-0.3, -0.25) is 0 Å². The molecule has 0 saturated heterocycles. The molecule has 8 heteroatoms. The summed E-state index contributed by atoms with van der Waals surface area (Å²) >= 11 is 18.5. The zero-order valence-electron chi connectivity index (χ0n) is 15.1. The number of benzene rings is 3. The van der Waals surface area contributed by atoms with E-state index in [9.17, 15) is 4.79 Å². The van der Waals surface area contributed by atoms with E-state index in [1.165, 1.54) is 0 Å². The summed E-state index contributed by atoms with van der Waals surface area (Å²) in [6, 6.07) is 16.5. The van der Waals surface area contributed by atoms with Crippen LogP contribution in [0.4, 0.5) is 5.69 Å². The first-order valence-electron chi connectivity index (χ1n) is 8.79. The lowest BCUT2D eigenvalue weighted by molar-refractivity contribution is 0.303. The molecular weight excluding hydrogens is 433 g/mol. The Morgan fingerprint density at radius 2 is 1.62 bits per heavy atom. The summed E-state index contributed by atoms with van der Waals surface area (Å²) in [7, 11) is 0. The molecule has 3 N–H and O–H groups in total. The third-order valence-corrected chi connectivity index (χ3v) is 5.13. The van der Waals surface area contributed by atoms with Gasteiger partial charge in [0.15, 0.2) is 0 Å². The van der Waals surface area contributed by atoms with Gasteiger partial charge in [-0.1, -0.05) is 46.9 Å². The number of rotatable bonds is 6. The molecule has 3 aromatic carbocycles. The van der Waals surface area contributed by atoms with Crippen molar-refractivity contribution in [2.45, 2.75) is 13.2 Å². The molecule has 148 valence electrons. The van der Waals surface area contributed by atoms with E-state index in [1.807, 2.05) is 48.5 Å². The maximum absolute atomic E-state index is 11.4. The topological polar surface area (TPSA) is 69.9 Å². The molecule has 4 rings (SSSR count). The fourth-order valence-corrected chi connectivity index (χ4v) is 3.70. The summed E-state index contributed by atoms with van der Waals surface area (Å²) in [5.74, 6) is 0.564. The molecule has 0 unspecified atom stereocenters. The second-order valence-electron chi connectivity index (χ2n) is 6.48. The molecule has 1 heterocycles. The average Bonchev–Trinajstić information content (AvgIpc) is 3.06. The lowest BCUT2D eigenvalue weighted by Crippen LogP contribution is -2.04. The van der Waals surface area contributed by atoms with Crippen LogP contribution in [0.2, 0.25) is 15.1 Å². The number of halogens is 3. The Bertz CT molecular complexity index is 1220. The number of aromatic nitrogens is 2. The Hall–Kier alpha value is -2.60. The average molecular weight is 449 g/mol. The summed E-state index contributed by atoms with van der Waals surface area (Å²) in [5, 5.41) is 4.95.